The molecule has 0 bridgehead atoms. The SMILES string of the molecule is CC(=O)NC1CCCN(S(=O)(=O)c2ccc(C(=O)O)s2)C1. The Balaban J connectivity index is 2.18. The number of nitrogens with zero attached hydrogens (tertiary/aromatic N) is 1. The molecule has 1 atom stereocenters. The van der Waals surface area contributed by atoms with Gasteiger partial charge in [-0.2, -0.15) is 4.31 Å². The summed E-state index contributed by atoms with van der Waals surface area (Å²) in [4.78, 5) is 21.9. The van der Waals surface area contributed by atoms with Gasteiger partial charge in [0, 0.05) is 26.1 Å². The van der Waals surface area contributed by atoms with E-state index in [1.54, 1.807) is 0 Å². The van der Waals surface area contributed by atoms with Crippen molar-refractivity contribution in [3.63, 3.8) is 0 Å². The van der Waals surface area contributed by atoms with Crippen molar-refractivity contribution in [2.24, 2.45) is 0 Å². The molecule has 1 aromatic heterocycles. The zero-order valence-corrected chi connectivity index (χ0v) is 13.0. The van der Waals surface area contributed by atoms with Crippen LogP contribution < -0.4 is 5.32 Å². The Hall–Kier alpha value is -1.45. The molecule has 21 heavy (non-hydrogen) atoms. The fourth-order valence-corrected chi connectivity index (χ4v) is 5.09. The molecule has 2 N–H and O–H groups in total. The smallest absolute Gasteiger partial charge is 0.345 e. The number of aromatic carboxylic acids is 1. The number of carbonyl (C=O) groups excluding carboxylic acids is 1. The van der Waals surface area contributed by atoms with Crippen molar-refractivity contribution >= 4 is 33.2 Å². The number of sulfonamides is 1. The second-order valence-corrected chi connectivity index (χ2v) is 8.08. The third kappa shape index (κ3) is 3.60. The van der Waals surface area contributed by atoms with Gasteiger partial charge in [0.1, 0.15) is 9.09 Å². The third-order valence-electron chi connectivity index (χ3n) is 3.18. The molecule has 1 fully saturated rings. The number of hydrogen-bond acceptors (Lipinski definition) is 5. The Morgan fingerprint density at radius 1 is 1.43 bits per heavy atom. The van der Waals surface area contributed by atoms with Crippen molar-refractivity contribution in [2.45, 2.75) is 30.0 Å². The van der Waals surface area contributed by atoms with Gasteiger partial charge in [-0.3, -0.25) is 4.79 Å². The Bertz CT molecular complexity index is 652. The number of carboxylic acid groups (broad SMARTS) is 1. The van der Waals surface area contributed by atoms with Crippen LogP contribution in [0.25, 0.3) is 0 Å². The molecule has 0 spiro atoms. The number of hydrogen-bond donors (Lipinski definition) is 2. The number of carboxylic acids is 1. The van der Waals surface area contributed by atoms with Crippen LogP contribution in [-0.4, -0.2) is 48.8 Å². The monoisotopic (exact) mass is 332 g/mol. The van der Waals surface area contributed by atoms with Gasteiger partial charge in [-0.25, -0.2) is 13.2 Å². The first-order chi connectivity index (χ1) is 9.80. The van der Waals surface area contributed by atoms with Crippen LogP contribution in [0.4, 0.5) is 0 Å². The molecule has 1 saturated heterocycles. The van der Waals surface area contributed by atoms with Crippen LogP contribution in [-0.2, 0) is 14.8 Å². The first kappa shape index (κ1) is 15.9. The summed E-state index contributed by atoms with van der Waals surface area (Å²) >= 11 is 0.740. The van der Waals surface area contributed by atoms with Gasteiger partial charge in [0.2, 0.25) is 5.91 Å². The van der Waals surface area contributed by atoms with Gasteiger partial charge < -0.3 is 10.4 Å². The molecule has 9 heteroatoms. The van der Waals surface area contributed by atoms with Gasteiger partial charge in [-0.05, 0) is 25.0 Å². The minimum absolute atomic E-state index is 0.0102. The average molecular weight is 332 g/mol. The van der Waals surface area contributed by atoms with Crippen LogP contribution in [0.3, 0.4) is 0 Å². The predicted octanol–water partition coefficient (Wildman–Crippen LogP) is 0.736. The highest BCUT2D eigenvalue weighted by Crippen LogP contribution is 2.27. The van der Waals surface area contributed by atoms with E-state index >= 15 is 0 Å². The van der Waals surface area contributed by atoms with E-state index in [0.717, 1.165) is 17.8 Å². The van der Waals surface area contributed by atoms with Crippen LogP contribution in [0, 0.1) is 0 Å². The molecule has 1 aliphatic heterocycles. The molecule has 1 aromatic rings. The number of thiophene rings is 1. The number of piperidine rings is 1. The second kappa shape index (κ2) is 6.12. The maximum absolute atomic E-state index is 12.5. The topological polar surface area (TPSA) is 104 Å². The van der Waals surface area contributed by atoms with E-state index < -0.39 is 16.0 Å². The van der Waals surface area contributed by atoms with Crippen LogP contribution in [0.5, 0.6) is 0 Å². The lowest BCUT2D eigenvalue weighted by atomic mass is 10.1. The molecule has 0 saturated carbocycles. The fraction of sp³-hybridized carbons (Fsp3) is 0.500. The summed E-state index contributed by atoms with van der Waals surface area (Å²) in [7, 11) is -3.71. The van der Waals surface area contributed by atoms with Crippen molar-refractivity contribution < 1.29 is 23.1 Å². The van der Waals surface area contributed by atoms with Crippen molar-refractivity contribution in [3.05, 3.63) is 17.0 Å². The molecule has 116 valence electrons. The number of rotatable bonds is 4. The zero-order chi connectivity index (χ0) is 15.6. The van der Waals surface area contributed by atoms with Gasteiger partial charge in [-0.1, -0.05) is 0 Å². The summed E-state index contributed by atoms with van der Waals surface area (Å²) in [6, 6.07) is 2.39. The first-order valence-corrected chi connectivity index (χ1v) is 8.67. The van der Waals surface area contributed by atoms with E-state index in [2.05, 4.69) is 5.32 Å². The molecule has 1 unspecified atom stereocenters. The second-order valence-electron chi connectivity index (χ2n) is 4.83. The lowest BCUT2D eigenvalue weighted by molar-refractivity contribution is -0.119. The maximum Gasteiger partial charge on any atom is 0.345 e. The molecule has 2 heterocycles. The van der Waals surface area contributed by atoms with Gasteiger partial charge in [0.05, 0.1) is 0 Å². The largest absolute Gasteiger partial charge is 0.477 e. The van der Waals surface area contributed by atoms with E-state index in [9.17, 15) is 18.0 Å². The molecular formula is C12H16N2O5S2. The molecule has 1 amide bonds. The Morgan fingerprint density at radius 3 is 2.71 bits per heavy atom. The van der Waals surface area contributed by atoms with Crippen LogP contribution >= 0.6 is 11.3 Å². The van der Waals surface area contributed by atoms with Crippen molar-refractivity contribution in [1.82, 2.24) is 9.62 Å². The summed E-state index contributed by atoms with van der Waals surface area (Å²) in [5, 5.41) is 11.6. The summed E-state index contributed by atoms with van der Waals surface area (Å²) in [6.07, 6.45) is 1.39. The maximum atomic E-state index is 12.5. The van der Waals surface area contributed by atoms with Gasteiger partial charge in [0.25, 0.3) is 10.0 Å². The number of nitrogens with one attached hydrogen (secondary N) is 1. The highest BCUT2D eigenvalue weighted by atomic mass is 32.2. The minimum Gasteiger partial charge on any atom is -0.477 e. The Kier molecular flexibility index (Phi) is 4.64. The normalized spacial score (nSPS) is 20.1. The first-order valence-electron chi connectivity index (χ1n) is 6.41. The lowest BCUT2D eigenvalue weighted by Crippen LogP contribution is -2.48. The molecule has 2 rings (SSSR count). The van der Waals surface area contributed by atoms with Gasteiger partial charge >= 0.3 is 5.97 Å². The van der Waals surface area contributed by atoms with Crippen molar-refractivity contribution in [1.29, 1.82) is 0 Å². The fourth-order valence-electron chi connectivity index (χ4n) is 2.27. The molecular weight excluding hydrogens is 316 g/mol. The quantitative estimate of drug-likeness (QED) is 0.846. The van der Waals surface area contributed by atoms with Crippen molar-refractivity contribution in [2.75, 3.05) is 13.1 Å². The van der Waals surface area contributed by atoms with E-state index in [1.165, 1.54) is 23.4 Å². The minimum atomic E-state index is -3.71. The molecule has 0 aliphatic carbocycles. The Labute approximate surface area is 126 Å². The predicted molar refractivity (Wildman–Crippen MR) is 76.9 cm³/mol. The zero-order valence-electron chi connectivity index (χ0n) is 11.4. The van der Waals surface area contributed by atoms with Crippen molar-refractivity contribution in [3.8, 4) is 0 Å². The molecule has 0 radical (unpaired) electrons. The van der Waals surface area contributed by atoms with E-state index in [-0.39, 0.29) is 27.6 Å². The molecule has 1 aliphatic rings. The number of amides is 1. The third-order valence-corrected chi connectivity index (χ3v) is 6.58. The van der Waals surface area contributed by atoms with E-state index in [1.807, 2.05) is 0 Å². The van der Waals surface area contributed by atoms with E-state index in [4.69, 9.17) is 5.11 Å². The van der Waals surface area contributed by atoms with Crippen LogP contribution in [0.2, 0.25) is 0 Å². The van der Waals surface area contributed by atoms with E-state index in [0.29, 0.717) is 13.0 Å². The summed E-state index contributed by atoms with van der Waals surface area (Å²) < 4.78 is 26.3. The van der Waals surface area contributed by atoms with Gasteiger partial charge in [0.15, 0.2) is 0 Å². The van der Waals surface area contributed by atoms with Crippen LogP contribution in [0.1, 0.15) is 29.4 Å². The lowest BCUT2D eigenvalue weighted by Gasteiger charge is -2.31. The average Bonchev–Trinajstić information content (AvgIpc) is 2.88. The van der Waals surface area contributed by atoms with Gasteiger partial charge in [-0.15, -0.1) is 11.3 Å². The Morgan fingerprint density at radius 2 is 2.14 bits per heavy atom. The molecule has 7 nitrogen and oxygen atoms in total. The highest BCUT2D eigenvalue weighted by Gasteiger charge is 2.32. The highest BCUT2D eigenvalue weighted by molar-refractivity contribution is 7.91. The summed E-state index contributed by atoms with van der Waals surface area (Å²) in [5.74, 6) is -1.33. The summed E-state index contributed by atoms with van der Waals surface area (Å²) in [6.45, 7) is 1.98. The summed E-state index contributed by atoms with van der Waals surface area (Å²) in [5.41, 5.74) is 0. The van der Waals surface area contributed by atoms with Crippen LogP contribution in [0.15, 0.2) is 16.3 Å². The molecule has 0 aromatic carbocycles. The standard InChI is InChI=1S/C12H16N2O5S2/c1-8(15)13-9-3-2-6-14(7-9)21(18,19)11-5-4-10(20-11)12(16)17/h4-5,9H,2-3,6-7H2,1H3,(H,13,15)(H,16,17). The number of carbonyl (C=O) groups is 2.